The Labute approximate surface area is 123 Å². The van der Waals surface area contributed by atoms with Gasteiger partial charge in [-0.15, -0.1) is 11.3 Å². The molecule has 3 aromatic heterocycles. The zero-order chi connectivity index (χ0) is 13.4. The van der Waals surface area contributed by atoms with Crippen LogP contribution in [0.1, 0.15) is 10.4 Å². The smallest absolute Gasteiger partial charge is 0.224 e. The number of rotatable bonds is 2. The van der Waals surface area contributed by atoms with Gasteiger partial charge in [-0.1, -0.05) is 0 Å². The molecule has 0 aliphatic heterocycles. The normalized spacial score (nSPS) is 11.1. The van der Waals surface area contributed by atoms with Crippen molar-refractivity contribution in [1.29, 1.82) is 0 Å². The highest BCUT2D eigenvalue weighted by Crippen LogP contribution is 2.34. The molecule has 0 saturated carbocycles. The maximum absolute atomic E-state index is 5.95. The molecule has 0 bridgehead atoms. The van der Waals surface area contributed by atoms with Gasteiger partial charge in [0.05, 0.1) is 0 Å². The Bertz CT molecular complexity index is 739. The van der Waals surface area contributed by atoms with Gasteiger partial charge in [-0.25, -0.2) is 19.9 Å². The molecule has 0 fully saturated rings. The van der Waals surface area contributed by atoms with E-state index in [4.69, 9.17) is 11.6 Å². The van der Waals surface area contributed by atoms with Crippen molar-refractivity contribution in [3.8, 4) is 0 Å². The molecule has 0 aliphatic carbocycles. The molecular weight excluding hydrogens is 300 g/mol. The molecule has 0 N–H and O–H groups in total. The summed E-state index contributed by atoms with van der Waals surface area (Å²) in [6.45, 7) is 3.99. The van der Waals surface area contributed by atoms with E-state index in [1.807, 2.05) is 13.8 Å². The Morgan fingerprint density at radius 1 is 1.16 bits per heavy atom. The Morgan fingerprint density at radius 2 is 1.89 bits per heavy atom. The third kappa shape index (κ3) is 2.70. The zero-order valence-corrected chi connectivity index (χ0v) is 12.6. The minimum atomic E-state index is 0.254. The van der Waals surface area contributed by atoms with Crippen LogP contribution in [0.3, 0.4) is 0 Å². The highest BCUT2D eigenvalue weighted by Gasteiger charge is 2.12. The fourth-order valence-corrected chi connectivity index (χ4v) is 3.58. The molecule has 0 spiro atoms. The molecule has 0 aliphatic rings. The Hall–Kier alpha value is -1.24. The summed E-state index contributed by atoms with van der Waals surface area (Å²) in [6.07, 6.45) is 3.57. The minimum Gasteiger partial charge on any atom is -0.231 e. The van der Waals surface area contributed by atoms with Gasteiger partial charge in [0.2, 0.25) is 5.28 Å². The van der Waals surface area contributed by atoms with E-state index < -0.39 is 0 Å². The van der Waals surface area contributed by atoms with Crippen molar-refractivity contribution < 1.29 is 0 Å². The first-order valence-electron chi connectivity index (χ1n) is 5.52. The summed E-state index contributed by atoms with van der Waals surface area (Å²) in [5.74, 6) is 0. The Kier molecular flexibility index (Phi) is 3.38. The summed E-state index contributed by atoms with van der Waals surface area (Å²) < 4.78 is 0. The van der Waals surface area contributed by atoms with Crippen LogP contribution in [-0.2, 0) is 0 Å². The predicted molar refractivity (Wildman–Crippen MR) is 78.1 cm³/mol. The van der Waals surface area contributed by atoms with Crippen LogP contribution in [0.4, 0.5) is 0 Å². The van der Waals surface area contributed by atoms with Crippen molar-refractivity contribution in [3.05, 3.63) is 34.2 Å². The minimum absolute atomic E-state index is 0.254. The lowest BCUT2D eigenvalue weighted by atomic mass is 10.4. The molecular formula is C12H9ClN4S2. The summed E-state index contributed by atoms with van der Waals surface area (Å²) in [7, 11) is 0. The number of halogens is 1. The van der Waals surface area contributed by atoms with Gasteiger partial charge in [0.15, 0.2) is 5.16 Å². The molecule has 4 nitrogen and oxygen atoms in total. The van der Waals surface area contributed by atoms with Crippen LogP contribution in [0.15, 0.2) is 28.6 Å². The monoisotopic (exact) mass is 308 g/mol. The van der Waals surface area contributed by atoms with Crippen LogP contribution < -0.4 is 0 Å². The lowest BCUT2D eigenvalue weighted by Crippen LogP contribution is -1.90. The van der Waals surface area contributed by atoms with Crippen molar-refractivity contribution in [2.75, 3.05) is 0 Å². The van der Waals surface area contributed by atoms with Gasteiger partial charge < -0.3 is 0 Å². The number of fused-ring (bicyclic) bond motifs is 1. The van der Waals surface area contributed by atoms with Crippen LogP contribution >= 0.6 is 34.7 Å². The Morgan fingerprint density at radius 3 is 2.63 bits per heavy atom. The number of nitrogens with zero attached hydrogens (tertiary/aromatic N) is 4. The van der Waals surface area contributed by atoms with Crippen molar-refractivity contribution >= 4 is 44.9 Å². The second kappa shape index (κ2) is 5.03. The van der Waals surface area contributed by atoms with Crippen LogP contribution in [0.25, 0.3) is 10.2 Å². The van der Waals surface area contributed by atoms with Crippen LogP contribution in [0.5, 0.6) is 0 Å². The summed E-state index contributed by atoms with van der Waals surface area (Å²) >= 11 is 8.96. The maximum atomic E-state index is 5.95. The topological polar surface area (TPSA) is 51.6 Å². The fourth-order valence-electron chi connectivity index (χ4n) is 1.59. The molecule has 3 rings (SSSR count). The van der Waals surface area contributed by atoms with Crippen molar-refractivity contribution in [3.63, 3.8) is 0 Å². The first-order valence-corrected chi connectivity index (χ1v) is 7.53. The van der Waals surface area contributed by atoms with E-state index in [1.165, 1.54) is 16.6 Å². The average Bonchev–Trinajstić information content (AvgIpc) is 2.72. The first-order chi connectivity index (χ1) is 9.11. The van der Waals surface area contributed by atoms with E-state index in [0.29, 0.717) is 5.16 Å². The summed E-state index contributed by atoms with van der Waals surface area (Å²) in [5.41, 5.74) is 1.03. The average molecular weight is 309 g/mol. The number of hydrogen-bond donors (Lipinski definition) is 0. The van der Waals surface area contributed by atoms with Gasteiger partial charge in [0.1, 0.15) is 9.86 Å². The van der Waals surface area contributed by atoms with E-state index in [-0.39, 0.29) is 5.28 Å². The van der Waals surface area contributed by atoms with Crippen molar-refractivity contribution in [1.82, 2.24) is 19.9 Å². The van der Waals surface area contributed by atoms with Crippen LogP contribution in [0, 0.1) is 13.8 Å². The summed E-state index contributed by atoms with van der Waals surface area (Å²) in [4.78, 5) is 19.1. The summed E-state index contributed by atoms with van der Waals surface area (Å²) in [6, 6.07) is 2.06. The predicted octanol–water partition coefficient (Wildman–Crippen LogP) is 3.90. The van der Waals surface area contributed by atoms with E-state index in [9.17, 15) is 0 Å². The largest absolute Gasteiger partial charge is 0.231 e. The molecule has 0 saturated heterocycles. The number of aromatic nitrogens is 4. The van der Waals surface area contributed by atoms with Gasteiger partial charge in [0, 0.05) is 22.7 Å². The van der Waals surface area contributed by atoms with E-state index in [0.717, 1.165) is 20.8 Å². The Balaban J connectivity index is 2.06. The quantitative estimate of drug-likeness (QED) is 0.531. The molecule has 0 amide bonds. The molecule has 96 valence electrons. The van der Waals surface area contributed by atoms with Crippen LogP contribution in [-0.4, -0.2) is 19.9 Å². The maximum Gasteiger partial charge on any atom is 0.224 e. The van der Waals surface area contributed by atoms with Crippen molar-refractivity contribution in [2.45, 2.75) is 24.0 Å². The van der Waals surface area contributed by atoms with Gasteiger partial charge >= 0.3 is 0 Å². The van der Waals surface area contributed by atoms with Gasteiger partial charge in [0.25, 0.3) is 0 Å². The van der Waals surface area contributed by atoms with Gasteiger partial charge in [-0.05, 0) is 48.8 Å². The molecule has 0 unspecified atom stereocenters. The standard InChI is InChI=1S/C12H9ClN4S2/c1-6-4-14-12(15-5-6)19-10-8-3-7(2)18-9(8)16-11(13)17-10/h3-5H,1-2H3. The third-order valence-electron chi connectivity index (χ3n) is 2.40. The summed E-state index contributed by atoms with van der Waals surface area (Å²) in [5, 5.41) is 2.71. The van der Waals surface area contributed by atoms with E-state index in [1.54, 1.807) is 23.7 Å². The van der Waals surface area contributed by atoms with Crippen molar-refractivity contribution in [2.24, 2.45) is 0 Å². The molecule has 19 heavy (non-hydrogen) atoms. The number of thiophene rings is 1. The SMILES string of the molecule is Cc1cnc(Sc2nc(Cl)nc3sc(C)cc23)nc1. The second-order valence-corrected chi connectivity index (χ2v) is 6.55. The molecule has 3 aromatic rings. The zero-order valence-electron chi connectivity index (χ0n) is 10.2. The number of hydrogen-bond acceptors (Lipinski definition) is 6. The number of aryl methyl sites for hydroxylation is 2. The molecule has 0 radical (unpaired) electrons. The lowest BCUT2D eigenvalue weighted by Gasteiger charge is -2.01. The lowest BCUT2D eigenvalue weighted by molar-refractivity contribution is 0.945. The highest BCUT2D eigenvalue weighted by molar-refractivity contribution is 7.99. The van der Waals surface area contributed by atoms with Crippen LogP contribution in [0.2, 0.25) is 5.28 Å². The molecule has 3 heterocycles. The molecule has 0 atom stereocenters. The molecule has 0 aromatic carbocycles. The molecule has 7 heteroatoms. The first kappa shape index (κ1) is 12.8. The van der Waals surface area contributed by atoms with E-state index in [2.05, 4.69) is 26.0 Å². The second-order valence-electron chi connectivity index (χ2n) is 4.02. The highest BCUT2D eigenvalue weighted by atomic mass is 35.5. The fraction of sp³-hybridized carbons (Fsp3) is 0.167. The van der Waals surface area contributed by atoms with E-state index >= 15 is 0 Å². The van der Waals surface area contributed by atoms with Gasteiger partial charge in [-0.3, -0.25) is 0 Å². The third-order valence-corrected chi connectivity index (χ3v) is 4.41. The van der Waals surface area contributed by atoms with Gasteiger partial charge in [-0.2, -0.15) is 0 Å².